The molecular formula is C12H26N2S2. The quantitative estimate of drug-likeness (QED) is 0.769. The van der Waals surface area contributed by atoms with Crippen LogP contribution in [0.15, 0.2) is 24.0 Å². The summed E-state index contributed by atoms with van der Waals surface area (Å²) < 4.78 is 5.18. The van der Waals surface area contributed by atoms with E-state index in [1.165, 1.54) is 26.2 Å². The maximum Gasteiger partial charge on any atom is 0.0214 e. The third-order valence-corrected chi connectivity index (χ3v) is 8.37. The summed E-state index contributed by atoms with van der Waals surface area (Å²) in [7, 11) is -1.49. The molecule has 1 aliphatic heterocycles. The molecule has 0 unspecified atom stereocenters. The number of hydrogen-bond donors (Lipinski definition) is 0. The van der Waals surface area contributed by atoms with E-state index < -0.39 is 20.4 Å². The molecule has 0 saturated carbocycles. The van der Waals surface area contributed by atoms with Crippen molar-refractivity contribution in [2.75, 3.05) is 51.2 Å². The van der Waals surface area contributed by atoms with E-state index in [0.717, 1.165) is 0 Å². The van der Waals surface area contributed by atoms with Crippen LogP contribution in [0.5, 0.6) is 0 Å². The fourth-order valence-electron chi connectivity index (χ4n) is 1.82. The molecule has 1 fully saturated rings. The van der Waals surface area contributed by atoms with Gasteiger partial charge in [-0.1, -0.05) is 13.2 Å². The lowest BCUT2D eigenvalue weighted by molar-refractivity contribution is 0.301. The summed E-state index contributed by atoms with van der Waals surface area (Å²) in [6.45, 7) is 12.6. The van der Waals surface area contributed by atoms with Crippen LogP contribution in [0.3, 0.4) is 0 Å². The highest BCUT2D eigenvalue weighted by Gasteiger charge is 2.28. The van der Waals surface area contributed by atoms with E-state index in [9.17, 15) is 0 Å². The molecule has 0 spiro atoms. The van der Waals surface area contributed by atoms with Crippen molar-refractivity contribution >= 4 is 20.4 Å². The van der Waals surface area contributed by atoms with Gasteiger partial charge in [0.25, 0.3) is 0 Å². The predicted molar refractivity (Wildman–Crippen MR) is 82.4 cm³/mol. The topological polar surface area (TPSA) is 6.48 Å². The van der Waals surface area contributed by atoms with Crippen LogP contribution in [-0.2, 0) is 0 Å². The van der Waals surface area contributed by atoms with E-state index in [1.54, 1.807) is 0 Å². The molecule has 1 heterocycles. The number of hydrogen-bond acceptors (Lipinski definition) is 2. The second kappa shape index (κ2) is 5.17. The van der Waals surface area contributed by atoms with Crippen molar-refractivity contribution in [3.63, 3.8) is 0 Å². The van der Waals surface area contributed by atoms with E-state index in [2.05, 4.69) is 57.6 Å². The van der Waals surface area contributed by atoms with Crippen LogP contribution < -0.4 is 0 Å². The Balaban J connectivity index is 2.58. The smallest absolute Gasteiger partial charge is 0.0214 e. The SMILES string of the molecule is C=CS(C)(C)N1CCN(S(C)(C)C=C)CC1. The van der Waals surface area contributed by atoms with Crippen LogP contribution in [0.25, 0.3) is 0 Å². The lowest BCUT2D eigenvalue weighted by Crippen LogP contribution is -2.46. The van der Waals surface area contributed by atoms with Crippen LogP contribution in [0.1, 0.15) is 0 Å². The Hall–Kier alpha value is 0.1000. The predicted octanol–water partition coefficient (Wildman–Crippen LogP) is 2.85. The highest BCUT2D eigenvalue weighted by molar-refractivity contribution is 8.33. The van der Waals surface area contributed by atoms with Gasteiger partial charge in [-0.25, -0.2) is 0 Å². The van der Waals surface area contributed by atoms with Gasteiger partial charge in [-0.3, -0.25) is 8.61 Å². The van der Waals surface area contributed by atoms with Gasteiger partial charge in [-0.15, -0.1) is 0 Å². The molecule has 0 aromatic carbocycles. The molecule has 0 bridgehead atoms. The summed E-state index contributed by atoms with van der Waals surface area (Å²) in [5.74, 6) is 0. The van der Waals surface area contributed by atoms with Crippen molar-refractivity contribution in [2.45, 2.75) is 0 Å². The van der Waals surface area contributed by atoms with Crippen LogP contribution in [0, 0.1) is 0 Å². The van der Waals surface area contributed by atoms with Crippen LogP contribution >= 0.6 is 20.4 Å². The van der Waals surface area contributed by atoms with Gasteiger partial charge < -0.3 is 0 Å². The summed E-state index contributed by atoms with van der Waals surface area (Å²) in [6.07, 6.45) is 9.28. The zero-order valence-corrected chi connectivity index (χ0v) is 12.7. The minimum absolute atomic E-state index is 0.743. The van der Waals surface area contributed by atoms with Gasteiger partial charge in [0.1, 0.15) is 0 Å². The van der Waals surface area contributed by atoms with Crippen molar-refractivity contribution in [2.24, 2.45) is 0 Å². The Morgan fingerprint density at radius 2 is 1.00 bits per heavy atom. The van der Waals surface area contributed by atoms with Crippen molar-refractivity contribution in [3.8, 4) is 0 Å². The Bertz CT molecular complexity index is 238. The molecule has 0 N–H and O–H groups in total. The molecule has 1 aliphatic rings. The van der Waals surface area contributed by atoms with Gasteiger partial charge in [0, 0.05) is 26.2 Å². The molecular weight excluding hydrogens is 236 g/mol. The first-order valence-corrected chi connectivity index (χ1v) is 10.5. The first kappa shape index (κ1) is 14.2. The third kappa shape index (κ3) is 3.06. The lowest BCUT2D eigenvalue weighted by Gasteiger charge is -2.50. The number of nitrogens with zero attached hydrogens (tertiary/aromatic N) is 2. The highest BCUT2D eigenvalue weighted by atomic mass is 32.3. The molecule has 0 amide bonds. The van der Waals surface area contributed by atoms with E-state index in [1.807, 2.05) is 0 Å². The van der Waals surface area contributed by atoms with Crippen molar-refractivity contribution < 1.29 is 0 Å². The minimum atomic E-state index is -0.743. The highest BCUT2D eigenvalue weighted by Crippen LogP contribution is 2.49. The van der Waals surface area contributed by atoms with E-state index in [4.69, 9.17) is 0 Å². The van der Waals surface area contributed by atoms with Crippen molar-refractivity contribution in [3.05, 3.63) is 24.0 Å². The lowest BCUT2D eigenvalue weighted by atomic mass is 10.4. The summed E-state index contributed by atoms with van der Waals surface area (Å²) in [6, 6.07) is 0. The molecule has 0 radical (unpaired) electrons. The fourth-order valence-corrected chi connectivity index (χ4v) is 4.45. The summed E-state index contributed by atoms with van der Waals surface area (Å²) in [5.41, 5.74) is 0. The summed E-state index contributed by atoms with van der Waals surface area (Å²) >= 11 is 0. The Labute approximate surface area is 104 Å². The van der Waals surface area contributed by atoms with Crippen LogP contribution in [-0.4, -0.2) is 59.8 Å². The van der Waals surface area contributed by atoms with Crippen molar-refractivity contribution in [1.82, 2.24) is 8.61 Å². The first-order chi connectivity index (χ1) is 7.33. The molecule has 2 nitrogen and oxygen atoms in total. The zero-order valence-electron chi connectivity index (χ0n) is 11.1. The molecule has 0 aliphatic carbocycles. The van der Waals surface area contributed by atoms with Crippen molar-refractivity contribution in [1.29, 1.82) is 0 Å². The first-order valence-electron chi connectivity index (χ1n) is 5.55. The maximum absolute atomic E-state index is 3.96. The largest absolute Gasteiger partial charge is 0.262 e. The standard InChI is InChI=1S/C12H26N2S2/c1-7-15(3,4)13-9-11-14(12-10-13)16(5,6)8-2/h7-8H,1-2,9-12H2,3-6H3. The number of piperazine rings is 1. The normalized spacial score (nSPS) is 22.8. The molecule has 1 rings (SSSR count). The van der Waals surface area contributed by atoms with E-state index >= 15 is 0 Å². The van der Waals surface area contributed by atoms with E-state index in [0.29, 0.717) is 0 Å². The Kier molecular flexibility index (Phi) is 4.57. The fraction of sp³-hybridized carbons (Fsp3) is 0.667. The summed E-state index contributed by atoms with van der Waals surface area (Å²) in [4.78, 5) is 0. The average Bonchev–Trinajstić information content (AvgIpc) is 2.29. The van der Waals surface area contributed by atoms with E-state index in [-0.39, 0.29) is 0 Å². The molecule has 96 valence electrons. The second-order valence-electron chi connectivity index (χ2n) is 4.89. The zero-order chi connectivity index (χ0) is 12.4. The Morgan fingerprint density at radius 1 is 0.750 bits per heavy atom. The molecule has 1 saturated heterocycles. The van der Waals surface area contributed by atoms with Gasteiger partial charge in [0.15, 0.2) is 0 Å². The van der Waals surface area contributed by atoms with Gasteiger partial charge in [0.05, 0.1) is 0 Å². The summed E-state index contributed by atoms with van der Waals surface area (Å²) in [5, 5.41) is 4.27. The monoisotopic (exact) mass is 262 g/mol. The average molecular weight is 262 g/mol. The van der Waals surface area contributed by atoms with Gasteiger partial charge >= 0.3 is 0 Å². The second-order valence-corrected chi connectivity index (χ2v) is 12.0. The van der Waals surface area contributed by atoms with Gasteiger partial charge in [-0.05, 0) is 35.8 Å². The van der Waals surface area contributed by atoms with Gasteiger partial charge in [0.2, 0.25) is 0 Å². The molecule has 0 atom stereocenters. The van der Waals surface area contributed by atoms with Crippen LogP contribution in [0.2, 0.25) is 0 Å². The third-order valence-electron chi connectivity index (χ3n) is 3.34. The molecule has 0 aromatic heterocycles. The van der Waals surface area contributed by atoms with Crippen LogP contribution in [0.4, 0.5) is 0 Å². The number of rotatable bonds is 4. The minimum Gasteiger partial charge on any atom is -0.262 e. The van der Waals surface area contributed by atoms with Gasteiger partial charge in [-0.2, -0.15) is 20.4 Å². The molecule has 4 heteroatoms. The molecule has 16 heavy (non-hydrogen) atoms. The maximum atomic E-state index is 3.96. The molecule has 0 aromatic rings. The Morgan fingerprint density at radius 3 is 1.19 bits per heavy atom.